The van der Waals surface area contributed by atoms with Crippen LogP contribution in [0.4, 0.5) is 10.1 Å². The van der Waals surface area contributed by atoms with Gasteiger partial charge in [0.05, 0.1) is 16.9 Å². The number of aromatic nitrogens is 2. The summed E-state index contributed by atoms with van der Waals surface area (Å²) in [6.07, 6.45) is 1.71. The standard InChI is InChI=1S/C25H20ClFN4O2/c26-16-5-3-15(4-6-16)14-33-24-17-12-18(27)21(30-10-7-28-8-11-30)13-19(17)29-23-20-2-1-9-31(20)25(32)22(23)24/h1-6,9,12-13,28H,7-8,10-11,14H2. The normalized spacial score (nSPS) is 15.1. The lowest BCUT2D eigenvalue weighted by atomic mass is 10.1. The number of hydrogen-bond acceptors (Lipinski definition) is 5. The van der Waals surface area contributed by atoms with E-state index in [9.17, 15) is 4.79 Å². The molecule has 2 aromatic carbocycles. The van der Waals surface area contributed by atoms with E-state index in [0.717, 1.165) is 18.7 Å². The second kappa shape index (κ2) is 7.86. The molecule has 0 saturated carbocycles. The fraction of sp³-hybridized carbons (Fsp3) is 0.200. The first-order valence-corrected chi connectivity index (χ1v) is 11.2. The number of hydrogen-bond donors (Lipinski definition) is 1. The van der Waals surface area contributed by atoms with Crippen molar-refractivity contribution in [3.63, 3.8) is 0 Å². The number of piperazine rings is 1. The molecule has 2 aromatic heterocycles. The van der Waals surface area contributed by atoms with Crippen LogP contribution in [0, 0.1) is 5.82 Å². The summed E-state index contributed by atoms with van der Waals surface area (Å²) >= 11 is 5.99. The SMILES string of the molecule is O=C1c2c(nc3cc(N4CCNCC4)c(F)cc3c2OCc2ccc(Cl)cc2)-c2cccn21. The number of benzene rings is 2. The van der Waals surface area contributed by atoms with Crippen molar-refractivity contribution in [1.29, 1.82) is 0 Å². The van der Waals surface area contributed by atoms with Crippen molar-refractivity contribution < 1.29 is 13.9 Å². The fourth-order valence-corrected chi connectivity index (χ4v) is 4.66. The summed E-state index contributed by atoms with van der Waals surface area (Å²) in [6.45, 7) is 3.24. The molecule has 2 aliphatic heterocycles. The number of carbonyl (C=O) groups excluding carboxylic acids is 1. The van der Waals surface area contributed by atoms with Gasteiger partial charge in [0, 0.05) is 42.8 Å². The summed E-state index contributed by atoms with van der Waals surface area (Å²) in [4.78, 5) is 20.0. The Bertz CT molecular complexity index is 1390. The van der Waals surface area contributed by atoms with Gasteiger partial charge in [-0.05, 0) is 42.0 Å². The Labute approximate surface area is 194 Å². The molecule has 0 spiro atoms. The van der Waals surface area contributed by atoms with Crippen LogP contribution in [0.3, 0.4) is 0 Å². The van der Waals surface area contributed by atoms with Crippen LogP contribution in [-0.2, 0) is 6.61 Å². The van der Waals surface area contributed by atoms with Gasteiger partial charge >= 0.3 is 0 Å². The van der Waals surface area contributed by atoms with Crippen molar-refractivity contribution in [2.75, 3.05) is 31.1 Å². The zero-order valence-corrected chi connectivity index (χ0v) is 18.4. The van der Waals surface area contributed by atoms with E-state index in [2.05, 4.69) is 5.32 Å². The van der Waals surface area contributed by atoms with Gasteiger partial charge in [0.25, 0.3) is 5.91 Å². The maximum atomic E-state index is 15.3. The van der Waals surface area contributed by atoms with E-state index in [-0.39, 0.29) is 18.3 Å². The molecule has 0 radical (unpaired) electrons. The Balaban J connectivity index is 1.50. The summed E-state index contributed by atoms with van der Waals surface area (Å²) in [7, 11) is 0. The second-order valence-corrected chi connectivity index (χ2v) is 8.64. The molecular formula is C25H20ClFN4O2. The third kappa shape index (κ3) is 3.35. The highest BCUT2D eigenvalue weighted by atomic mass is 35.5. The molecule has 0 unspecified atom stereocenters. The number of anilines is 1. The van der Waals surface area contributed by atoms with Gasteiger partial charge in [0.1, 0.15) is 29.4 Å². The maximum absolute atomic E-state index is 15.3. The molecule has 8 heteroatoms. The Morgan fingerprint density at radius 3 is 2.70 bits per heavy atom. The van der Waals surface area contributed by atoms with Gasteiger partial charge < -0.3 is 15.0 Å². The molecule has 33 heavy (non-hydrogen) atoms. The molecule has 1 fully saturated rings. The number of pyridine rings is 1. The number of fused-ring (bicyclic) bond motifs is 4. The van der Waals surface area contributed by atoms with Crippen molar-refractivity contribution in [2.24, 2.45) is 0 Å². The molecule has 166 valence electrons. The van der Waals surface area contributed by atoms with Crippen LogP contribution in [0.15, 0.2) is 54.7 Å². The van der Waals surface area contributed by atoms with Gasteiger partial charge in [0.15, 0.2) is 0 Å². The number of rotatable bonds is 4. The summed E-state index contributed by atoms with van der Waals surface area (Å²) < 4.78 is 23.0. The number of nitrogens with one attached hydrogen (secondary N) is 1. The van der Waals surface area contributed by atoms with Gasteiger partial charge in [-0.25, -0.2) is 9.37 Å². The minimum atomic E-state index is -0.354. The van der Waals surface area contributed by atoms with Gasteiger partial charge in [-0.15, -0.1) is 0 Å². The van der Waals surface area contributed by atoms with E-state index in [1.165, 1.54) is 6.07 Å². The van der Waals surface area contributed by atoms with Crippen LogP contribution >= 0.6 is 11.6 Å². The minimum absolute atomic E-state index is 0.214. The van der Waals surface area contributed by atoms with Crippen molar-refractivity contribution in [1.82, 2.24) is 14.9 Å². The van der Waals surface area contributed by atoms with Crippen molar-refractivity contribution in [2.45, 2.75) is 6.61 Å². The molecule has 0 amide bonds. The number of nitrogens with zero attached hydrogens (tertiary/aromatic N) is 3. The van der Waals surface area contributed by atoms with Crippen molar-refractivity contribution in [3.8, 4) is 17.1 Å². The van der Waals surface area contributed by atoms with E-state index in [0.29, 0.717) is 57.4 Å². The highest BCUT2D eigenvalue weighted by Gasteiger charge is 2.33. The average Bonchev–Trinajstić information content (AvgIpc) is 3.41. The van der Waals surface area contributed by atoms with Gasteiger partial charge in [-0.2, -0.15) is 0 Å². The molecule has 0 bridgehead atoms. The van der Waals surface area contributed by atoms with Crippen LogP contribution in [0.1, 0.15) is 15.9 Å². The predicted molar refractivity (Wildman–Crippen MR) is 126 cm³/mol. The molecular weight excluding hydrogens is 443 g/mol. The molecule has 6 rings (SSSR count). The number of carbonyl (C=O) groups is 1. The zero-order chi connectivity index (χ0) is 22.5. The van der Waals surface area contributed by atoms with Crippen LogP contribution < -0.4 is 15.0 Å². The van der Waals surface area contributed by atoms with Gasteiger partial charge in [-0.3, -0.25) is 9.36 Å². The Morgan fingerprint density at radius 2 is 1.91 bits per heavy atom. The van der Waals surface area contributed by atoms with Crippen LogP contribution in [0.2, 0.25) is 5.02 Å². The molecule has 4 heterocycles. The Morgan fingerprint density at radius 1 is 1.12 bits per heavy atom. The maximum Gasteiger partial charge on any atom is 0.268 e. The van der Waals surface area contributed by atoms with E-state index in [4.69, 9.17) is 21.3 Å². The Kier molecular flexibility index (Phi) is 4.81. The first-order chi connectivity index (χ1) is 16.1. The third-order valence-corrected chi connectivity index (χ3v) is 6.44. The topological polar surface area (TPSA) is 59.4 Å². The fourth-order valence-electron chi connectivity index (χ4n) is 4.53. The van der Waals surface area contributed by atoms with E-state index in [1.54, 1.807) is 29.0 Å². The van der Waals surface area contributed by atoms with E-state index < -0.39 is 0 Å². The lowest BCUT2D eigenvalue weighted by molar-refractivity contribution is 0.0965. The quantitative estimate of drug-likeness (QED) is 0.426. The molecule has 6 nitrogen and oxygen atoms in total. The summed E-state index contributed by atoms with van der Waals surface area (Å²) in [6, 6.07) is 14.2. The largest absolute Gasteiger partial charge is 0.487 e. The van der Waals surface area contributed by atoms with E-state index in [1.807, 2.05) is 29.2 Å². The number of halogens is 2. The average molecular weight is 463 g/mol. The zero-order valence-electron chi connectivity index (χ0n) is 17.6. The molecule has 2 aliphatic rings. The van der Waals surface area contributed by atoms with Gasteiger partial charge in [-0.1, -0.05) is 23.7 Å². The van der Waals surface area contributed by atoms with Crippen molar-refractivity contribution >= 4 is 34.1 Å². The van der Waals surface area contributed by atoms with Crippen LogP contribution in [0.25, 0.3) is 22.3 Å². The lowest BCUT2D eigenvalue weighted by Gasteiger charge is -2.30. The van der Waals surface area contributed by atoms with E-state index >= 15 is 4.39 Å². The Hall–Kier alpha value is -3.42. The van der Waals surface area contributed by atoms with Crippen LogP contribution in [0.5, 0.6) is 5.75 Å². The molecule has 0 aliphatic carbocycles. The molecule has 1 N–H and O–H groups in total. The summed E-state index contributed by atoms with van der Waals surface area (Å²) in [5, 5.41) is 4.40. The first-order valence-electron chi connectivity index (χ1n) is 10.8. The lowest BCUT2D eigenvalue weighted by Crippen LogP contribution is -2.43. The van der Waals surface area contributed by atoms with Crippen molar-refractivity contribution in [3.05, 3.63) is 76.7 Å². The minimum Gasteiger partial charge on any atom is -0.487 e. The van der Waals surface area contributed by atoms with Crippen LogP contribution in [-0.4, -0.2) is 41.6 Å². The molecule has 0 atom stereocenters. The summed E-state index contributed by atoms with van der Waals surface area (Å²) in [5.41, 5.74) is 3.63. The molecule has 1 saturated heterocycles. The predicted octanol–water partition coefficient (Wildman–Crippen LogP) is 4.49. The molecule has 4 aromatic rings. The second-order valence-electron chi connectivity index (χ2n) is 8.21. The summed E-state index contributed by atoms with van der Waals surface area (Å²) in [5.74, 6) is -0.228. The van der Waals surface area contributed by atoms with Gasteiger partial charge in [0.2, 0.25) is 0 Å². The first kappa shape index (κ1) is 20.2. The monoisotopic (exact) mass is 462 g/mol. The highest BCUT2D eigenvalue weighted by Crippen LogP contribution is 2.42. The number of ether oxygens (including phenoxy) is 1. The highest BCUT2D eigenvalue weighted by molar-refractivity contribution is 6.30. The smallest absolute Gasteiger partial charge is 0.268 e. The third-order valence-electron chi connectivity index (χ3n) is 6.18.